The summed E-state index contributed by atoms with van der Waals surface area (Å²) in [7, 11) is 0. The van der Waals surface area contributed by atoms with E-state index in [0.717, 1.165) is 53.6 Å². The van der Waals surface area contributed by atoms with Crippen LogP contribution in [0.4, 0.5) is 4.39 Å². The van der Waals surface area contributed by atoms with Crippen molar-refractivity contribution in [2.24, 2.45) is 0 Å². The number of benzene rings is 3. The molecule has 0 unspecified atom stereocenters. The summed E-state index contributed by atoms with van der Waals surface area (Å²) in [6.07, 6.45) is 6.18. The molecule has 3 aromatic carbocycles. The molecule has 1 atom stereocenters. The van der Waals surface area contributed by atoms with Gasteiger partial charge in [0, 0.05) is 10.6 Å². The Labute approximate surface area is 232 Å². The zero-order valence-electron chi connectivity index (χ0n) is 21.1. The van der Waals surface area contributed by atoms with Crippen molar-refractivity contribution in [1.82, 2.24) is 15.1 Å². The lowest BCUT2D eigenvalue weighted by Gasteiger charge is -2.17. The molecule has 1 heterocycles. The molecular weight excluding hydrogens is 520 g/mol. The van der Waals surface area contributed by atoms with Crippen molar-refractivity contribution in [1.29, 1.82) is 0 Å². The van der Waals surface area contributed by atoms with E-state index in [1.807, 2.05) is 49.4 Å². The molecule has 5 rings (SSSR count). The molecule has 1 aliphatic carbocycles. The molecule has 0 bridgehead atoms. The van der Waals surface area contributed by atoms with Gasteiger partial charge in [0.25, 0.3) is 5.91 Å². The molecule has 1 aromatic heterocycles. The quantitative estimate of drug-likeness (QED) is 0.246. The molecule has 7 heteroatoms. The van der Waals surface area contributed by atoms with Crippen molar-refractivity contribution < 1.29 is 9.18 Å². The second kappa shape index (κ2) is 11.5. The second-order valence-electron chi connectivity index (χ2n) is 9.46. The zero-order valence-corrected chi connectivity index (χ0v) is 22.6. The molecule has 4 nitrogen and oxygen atoms in total. The van der Waals surface area contributed by atoms with Crippen molar-refractivity contribution in [3.8, 4) is 5.69 Å². The second-order valence-corrected chi connectivity index (χ2v) is 10.3. The molecule has 0 saturated carbocycles. The molecule has 0 fully saturated rings. The number of nitrogens with one attached hydrogen (secondary N) is 1. The average molecular weight is 548 g/mol. The molecule has 194 valence electrons. The smallest absolute Gasteiger partial charge is 0.272 e. The predicted molar refractivity (Wildman–Crippen MR) is 152 cm³/mol. The summed E-state index contributed by atoms with van der Waals surface area (Å²) in [5, 5.41) is 9.02. The highest BCUT2D eigenvalue weighted by atomic mass is 35.5. The SMILES string of the molecule is CC[C@@H](NC(=O)c1nn(-c2ccc(Cl)cc2Cl)c2c1CCCC/C2=C\c1ccc(F)cc1)c1ccccc1. The summed E-state index contributed by atoms with van der Waals surface area (Å²) in [5.74, 6) is -0.502. The van der Waals surface area contributed by atoms with Crippen LogP contribution >= 0.6 is 23.2 Å². The maximum atomic E-state index is 13.8. The van der Waals surface area contributed by atoms with Gasteiger partial charge in [-0.2, -0.15) is 5.10 Å². The van der Waals surface area contributed by atoms with Crippen LogP contribution < -0.4 is 5.32 Å². The van der Waals surface area contributed by atoms with E-state index in [-0.39, 0.29) is 17.8 Å². The summed E-state index contributed by atoms with van der Waals surface area (Å²) in [6.45, 7) is 2.05. The molecule has 1 aliphatic rings. The molecule has 1 N–H and O–H groups in total. The minimum atomic E-state index is -0.283. The van der Waals surface area contributed by atoms with Gasteiger partial charge in [-0.25, -0.2) is 9.07 Å². The monoisotopic (exact) mass is 547 g/mol. The van der Waals surface area contributed by atoms with Gasteiger partial charge in [0.15, 0.2) is 5.69 Å². The molecule has 4 aromatic rings. The Morgan fingerprint density at radius 1 is 1.05 bits per heavy atom. The van der Waals surface area contributed by atoms with E-state index in [1.54, 1.807) is 28.9 Å². The fourth-order valence-corrected chi connectivity index (χ4v) is 5.48. The number of rotatable bonds is 6. The number of halogens is 3. The van der Waals surface area contributed by atoms with Gasteiger partial charge in [-0.15, -0.1) is 0 Å². The fourth-order valence-electron chi connectivity index (χ4n) is 5.00. The minimum Gasteiger partial charge on any atom is -0.344 e. The number of nitrogens with zero attached hydrogens (tertiary/aromatic N) is 2. The Balaban J connectivity index is 1.64. The molecule has 0 spiro atoms. The molecule has 0 radical (unpaired) electrons. The Morgan fingerprint density at radius 2 is 1.79 bits per heavy atom. The molecule has 0 saturated heterocycles. The highest BCUT2D eigenvalue weighted by Gasteiger charge is 2.29. The summed E-state index contributed by atoms with van der Waals surface area (Å²) in [4.78, 5) is 13.8. The van der Waals surface area contributed by atoms with E-state index in [0.29, 0.717) is 27.8 Å². The average Bonchev–Trinajstić information content (AvgIpc) is 3.17. The lowest BCUT2D eigenvalue weighted by Crippen LogP contribution is -2.29. The van der Waals surface area contributed by atoms with Crippen LogP contribution in [-0.2, 0) is 6.42 Å². The number of amides is 1. The Kier molecular flexibility index (Phi) is 7.96. The third-order valence-electron chi connectivity index (χ3n) is 6.89. The first kappa shape index (κ1) is 26.2. The number of fused-ring (bicyclic) bond motifs is 1. The van der Waals surface area contributed by atoms with Crippen LogP contribution in [0.25, 0.3) is 17.3 Å². The van der Waals surface area contributed by atoms with Crippen LogP contribution in [0.1, 0.15) is 71.5 Å². The van der Waals surface area contributed by atoms with Gasteiger partial charge in [0.2, 0.25) is 0 Å². The van der Waals surface area contributed by atoms with Crippen LogP contribution in [0.15, 0.2) is 72.8 Å². The summed E-state index contributed by atoms with van der Waals surface area (Å²) >= 11 is 12.8. The predicted octanol–water partition coefficient (Wildman–Crippen LogP) is 8.47. The first-order valence-corrected chi connectivity index (χ1v) is 13.6. The van der Waals surface area contributed by atoms with Gasteiger partial charge >= 0.3 is 0 Å². The van der Waals surface area contributed by atoms with E-state index in [2.05, 4.69) is 5.32 Å². The highest BCUT2D eigenvalue weighted by molar-refractivity contribution is 6.35. The van der Waals surface area contributed by atoms with Crippen molar-refractivity contribution >= 4 is 40.8 Å². The Bertz CT molecular complexity index is 1480. The van der Waals surface area contributed by atoms with Crippen LogP contribution in [0.5, 0.6) is 0 Å². The number of hydrogen-bond donors (Lipinski definition) is 1. The van der Waals surface area contributed by atoms with Crippen LogP contribution in [0.3, 0.4) is 0 Å². The first-order chi connectivity index (χ1) is 18.4. The molecular formula is C31H28Cl2FN3O. The molecule has 1 amide bonds. The van der Waals surface area contributed by atoms with E-state index < -0.39 is 0 Å². The third kappa shape index (κ3) is 5.54. The van der Waals surface area contributed by atoms with Crippen LogP contribution in [0.2, 0.25) is 10.0 Å². The third-order valence-corrected chi connectivity index (χ3v) is 7.43. The zero-order chi connectivity index (χ0) is 26.6. The Hall–Kier alpha value is -3.41. The minimum absolute atomic E-state index is 0.136. The van der Waals surface area contributed by atoms with Crippen LogP contribution in [0, 0.1) is 5.82 Å². The van der Waals surface area contributed by atoms with Gasteiger partial charge in [-0.3, -0.25) is 4.79 Å². The fraction of sp³-hybridized carbons (Fsp3) is 0.226. The Morgan fingerprint density at radius 3 is 2.50 bits per heavy atom. The number of carbonyl (C=O) groups is 1. The van der Waals surface area contributed by atoms with Gasteiger partial charge < -0.3 is 5.32 Å². The molecule has 0 aliphatic heterocycles. The van der Waals surface area contributed by atoms with E-state index in [1.165, 1.54) is 12.1 Å². The summed E-state index contributed by atoms with van der Waals surface area (Å²) in [5.41, 5.74) is 5.74. The van der Waals surface area contributed by atoms with Crippen molar-refractivity contribution in [3.63, 3.8) is 0 Å². The van der Waals surface area contributed by atoms with Gasteiger partial charge in [-0.1, -0.05) is 72.6 Å². The topological polar surface area (TPSA) is 46.9 Å². The summed E-state index contributed by atoms with van der Waals surface area (Å²) < 4.78 is 15.3. The first-order valence-electron chi connectivity index (χ1n) is 12.8. The van der Waals surface area contributed by atoms with Gasteiger partial charge in [-0.05, 0) is 85.2 Å². The van der Waals surface area contributed by atoms with Gasteiger partial charge in [0.1, 0.15) is 5.82 Å². The maximum Gasteiger partial charge on any atom is 0.272 e. The van der Waals surface area contributed by atoms with Crippen LogP contribution in [-0.4, -0.2) is 15.7 Å². The standard InChI is InChI=1S/C31H28Cl2FN3O/c1-2-27(21-8-4-3-5-9-21)35-31(38)29-25-11-7-6-10-22(18-20-12-15-24(34)16-13-20)30(25)37(36-29)28-17-14-23(32)19-26(28)33/h3-5,8-9,12-19,27H,2,6-7,10-11H2,1H3,(H,35,38)/b22-18+/t27-/m1/s1. The molecule has 38 heavy (non-hydrogen) atoms. The van der Waals surface area contributed by atoms with Gasteiger partial charge in [0.05, 0.1) is 22.4 Å². The lowest BCUT2D eigenvalue weighted by molar-refractivity contribution is 0.0929. The number of aromatic nitrogens is 2. The summed E-state index contributed by atoms with van der Waals surface area (Å²) in [6, 6.07) is 21.5. The largest absolute Gasteiger partial charge is 0.344 e. The normalized spacial score (nSPS) is 15.1. The van der Waals surface area contributed by atoms with Crippen molar-refractivity contribution in [2.45, 2.75) is 45.1 Å². The van der Waals surface area contributed by atoms with E-state index in [9.17, 15) is 9.18 Å². The number of carbonyl (C=O) groups excluding carboxylic acids is 1. The number of allylic oxidation sites excluding steroid dienone is 1. The van der Waals surface area contributed by atoms with Crippen molar-refractivity contribution in [3.05, 3.63) is 117 Å². The van der Waals surface area contributed by atoms with E-state index >= 15 is 0 Å². The number of hydrogen-bond acceptors (Lipinski definition) is 2. The lowest BCUT2D eigenvalue weighted by atomic mass is 10.0. The van der Waals surface area contributed by atoms with E-state index in [4.69, 9.17) is 28.3 Å². The van der Waals surface area contributed by atoms with Crippen molar-refractivity contribution in [2.75, 3.05) is 0 Å². The highest BCUT2D eigenvalue weighted by Crippen LogP contribution is 2.37. The maximum absolute atomic E-state index is 13.8.